The van der Waals surface area contributed by atoms with Gasteiger partial charge in [-0.1, -0.05) is 63.2 Å². The number of Topliss-reactive ketones (excluding diaryl/α,β-unsaturated/α-hetero) is 2. The molecule has 1 aromatic heterocycles. The first kappa shape index (κ1) is 43.6. The number of nitrogens with zero attached hydrogens (tertiary/aromatic N) is 3. The van der Waals surface area contributed by atoms with E-state index in [1.165, 1.54) is 0 Å². The minimum atomic E-state index is -2.99. The zero-order chi connectivity index (χ0) is 44.7. The summed E-state index contributed by atoms with van der Waals surface area (Å²) >= 11 is 0. The Morgan fingerprint density at radius 2 is 1.68 bits per heavy atom. The van der Waals surface area contributed by atoms with Gasteiger partial charge in [0.05, 0.1) is 18.7 Å². The smallest absolute Gasteiger partial charge is 0.507 e. The van der Waals surface area contributed by atoms with Crippen molar-refractivity contribution < 1.29 is 47.4 Å². The Bertz CT molecular complexity index is 2480. The summed E-state index contributed by atoms with van der Waals surface area (Å²) in [5.41, 5.74) is -0.344. The number of carbonyl (C=O) groups is 3. The molecule has 0 spiro atoms. The summed E-state index contributed by atoms with van der Waals surface area (Å²) in [6.45, 7) is 18.2. The Labute approximate surface area is 364 Å². The zero-order valence-corrected chi connectivity index (χ0v) is 38.8. The van der Waals surface area contributed by atoms with Crippen molar-refractivity contribution in [2.75, 3.05) is 34.3 Å². The fraction of sp³-hybridized carbons (Fsp3) is 0.500. The standard InChI is InChI=1S/C48H59N3O10Si/c1-46(2,3)59-45(55)58-40-31-22-28(25-51-20-15-21-51)18-19-30(31)39(56-9)32-23-29-24-33-37(50(7)8)41-36(44(49-60-41)57-26-27-16-13-12-14-17-27)43(54)48(33,61-62(10,11)47(4,5)6)42(53)34(29)38(52)35(32)40/h12-14,16-19,22,29,33,37,52H,15,20-21,23-26H2,1-11H3/t29-,33-,37-,48-/m0/s1. The molecule has 3 aromatic carbocycles. The third-order valence-electron chi connectivity index (χ3n) is 13.4. The predicted molar refractivity (Wildman–Crippen MR) is 236 cm³/mol. The molecule has 62 heavy (non-hydrogen) atoms. The first-order chi connectivity index (χ1) is 29.2. The second-order valence-electron chi connectivity index (χ2n) is 20.0. The quantitative estimate of drug-likeness (QED) is 0.0699. The molecule has 4 atom stereocenters. The van der Waals surface area contributed by atoms with E-state index in [1.807, 2.05) is 80.6 Å². The summed E-state index contributed by atoms with van der Waals surface area (Å²) in [7, 11) is 2.34. The van der Waals surface area contributed by atoms with Crippen LogP contribution in [0.1, 0.15) is 98.8 Å². The van der Waals surface area contributed by atoms with Gasteiger partial charge >= 0.3 is 6.16 Å². The average Bonchev–Trinajstić information content (AvgIpc) is 3.59. The maximum atomic E-state index is 16.1. The van der Waals surface area contributed by atoms with Crippen LogP contribution >= 0.6 is 0 Å². The van der Waals surface area contributed by atoms with Gasteiger partial charge in [-0.05, 0) is 114 Å². The van der Waals surface area contributed by atoms with Crippen LogP contribution in [0.25, 0.3) is 16.5 Å². The van der Waals surface area contributed by atoms with E-state index in [2.05, 4.69) is 30.8 Å². The van der Waals surface area contributed by atoms with Crippen molar-refractivity contribution >= 4 is 42.6 Å². The molecule has 330 valence electrons. The molecule has 0 unspecified atom stereocenters. The maximum Gasteiger partial charge on any atom is 0.514 e. The highest BCUT2D eigenvalue weighted by atomic mass is 28.4. The van der Waals surface area contributed by atoms with Crippen LogP contribution in [0, 0.1) is 11.8 Å². The van der Waals surface area contributed by atoms with E-state index in [0.29, 0.717) is 34.4 Å². The van der Waals surface area contributed by atoms with E-state index >= 15 is 9.59 Å². The summed E-state index contributed by atoms with van der Waals surface area (Å²) in [6.07, 6.45) is 0.645. The fourth-order valence-corrected chi connectivity index (χ4v) is 10.9. The molecule has 2 heterocycles. The van der Waals surface area contributed by atoms with Gasteiger partial charge in [-0.25, -0.2) is 4.79 Å². The van der Waals surface area contributed by atoms with Gasteiger partial charge < -0.3 is 33.0 Å². The van der Waals surface area contributed by atoms with Crippen LogP contribution in [0.3, 0.4) is 0 Å². The third kappa shape index (κ3) is 7.31. The highest BCUT2D eigenvalue weighted by Gasteiger charge is 2.69. The van der Waals surface area contributed by atoms with Gasteiger partial charge in [0, 0.05) is 34.4 Å². The highest BCUT2D eigenvalue weighted by Crippen LogP contribution is 2.60. The van der Waals surface area contributed by atoms with Crippen molar-refractivity contribution in [3.63, 3.8) is 0 Å². The molecular formula is C48H59N3O10Si. The lowest BCUT2D eigenvalue weighted by atomic mass is 9.57. The number of methoxy groups -OCH3 is 1. The lowest BCUT2D eigenvalue weighted by Crippen LogP contribution is -2.68. The fourth-order valence-electron chi connectivity index (χ4n) is 9.40. The van der Waals surface area contributed by atoms with E-state index < -0.39 is 65.9 Å². The van der Waals surface area contributed by atoms with Gasteiger partial charge in [-0.2, -0.15) is 0 Å². The van der Waals surface area contributed by atoms with Gasteiger partial charge in [0.25, 0.3) is 5.88 Å². The lowest BCUT2D eigenvalue weighted by molar-refractivity contribution is -0.140. The van der Waals surface area contributed by atoms with Crippen LogP contribution in [0.4, 0.5) is 4.79 Å². The van der Waals surface area contributed by atoms with Gasteiger partial charge in [0.1, 0.15) is 29.3 Å². The Hall–Kier alpha value is -5.02. The molecule has 3 aliphatic carbocycles. The SMILES string of the molecule is COc1c2c(c(OC(=O)OC(C)(C)C)c3cc(CN4CCC4)ccc13)C(O)=C1C(=O)[C@]3(O[Si](C)(C)C(C)(C)C)C(=O)c4c(OCc5ccccc5)noc4[C@@H](N(C)C)[C@@H]3C[C@@H]1C2. The predicted octanol–water partition coefficient (Wildman–Crippen LogP) is 9.23. The van der Waals surface area contributed by atoms with Gasteiger partial charge in [-0.15, -0.1) is 0 Å². The largest absolute Gasteiger partial charge is 0.514 e. The number of aromatic nitrogens is 1. The first-order valence-corrected chi connectivity index (χ1v) is 24.4. The number of hydrogen-bond acceptors (Lipinski definition) is 13. The van der Waals surface area contributed by atoms with Crippen molar-refractivity contribution in [2.45, 2.75) is 109 Å². The van der Waals surface area contributed by atoms with E-state index in [0.717, 1.165) is 30.6 Å². The first-order valence-electron chi connectivity index (χ1n) is 21.5. The molecule has 4 aromatic rings. The van der Waals surface area contributed by atoms with Crippen LogP contribution in [0.15, 0.2) is 58.6 Å². The second kappa shape index (κ2) is 15.6. The molecular weight excluding hydrogens is 807 g/mol. The molecule has 13 nitrogen and oxygen atoms in total. The number of rotatable bonds is 10. The van der Waals surface area contributed by atoms with Crippen LogP contribution in [-0.2, 0) is 33.5 Å². The number of likely N-dealkylation sites (tertiary alicyclic amines) is 1. The Balaban J connectivity index is 1.35. The third-order valence-corrected chi connectivity index (χ3v) is 17.8. The monoisotopic (exact) mass is 865 g/mol. The number of fused-ring (bicyclic) bond motifs is 5. The molecule has 0 bridgehead atoms. The second-order valence-corrected chi connectivity index (χ2v) is 24.7. The van der Waals surface area contributed by atoms with Gasteiger partial charge in [0.2, 0.25) is 11.6 Å². The normalized spacial score (nSPS) is 22.7. The molecule has 1 aliphatic heterocycles. The summed E-state index contributed by atoms with van der Waals surface area (Å²) in [6, 6.07) is 14.8. The number of carbonyl (C=O) groups excluding carboxylic acids is 3. The maximum absolute atomic E-state index is 16.1. The molecule has 1 saturated heterocycles. The van der Waals surface area contributed by atoms with E-state index in [1.54, 1.807) is 27.9 Å². The Morgan fingerprint density at radius 1 is 0.968 bits per heavy atom. The molecule has 0 radical (unpaired) electrons. The average molecular weight is 866 g/mol. The molecule has 8 rings (SSSR count). The van der Waals surface area contributed by atoms with Crippen molar-refractivity contribution in [1.82, 2.24) is 15.0 Å². The topological polar surface area (TPSA) is 150 Å². The summed E-state index contributed by atoms with van der Waals surface area (Å²) in [4.78, 5) is 49.7. The summed E-state index contributed by atoms with van der Waals surface area (Å²) in [5.74, 6) is -2.18. The van der Waals surface area contributed by atoms with E-state index in [9.17, 15) is 9.90 Å². The summed E-state index contributed by atoms with van der Waals surface area (Å²) < 4.78 is 37.6. The molecule has 4 aliphatic rings. The number of aliphatic hydroxyl groups excluding tert-OH is 1. The van der Waals surface area contributed by atoms with Crippen molar-refractivity contribution in [3.8, 4) is 17.4 Å². The molecule has 1 saturated carbocycles. The highest BCUT2D eigenvalue weighted by molar-refractivity contribution is 6.74. The van der Waals surface area contributed by atoms with Gasteiger partial charge in [-0.3, -0.25) is 19.4 Å². The molecule has 1 N–H and O–H groups in total. The summed E-state index contributed by atoms with van der Waals surface area (Å²) in [5, 5.41) is 18.0. The van der Waals surface area contributed by atoms with E-state index in [-0.39, 0.29) is 47.8 Å². The number of benzene rings is 3. The van der Waals surface area contributed by atoms with Gasteiger partial charge in [0.15, 0.2) is 25.4 Å². The number of ether oxygens (including phenoxy) is 4. The van der Waals surface area contributed by atoms with E-state index in [4.69, 9.17) is 27.9 Å². The molecule has 0 amide bonds. The number of aliphatic hydroxyl groups is 1. The number of ketones is 2. The molecule has 14 heteroatoms. The minimum absolute atomic E-state index is 0.0299. The Kier molecular flexibility index (Phi) is 11.0. The lowest BCUT2D eigenvalue weighted by Gasteiger charge is -2.55. The van der Waals surface area contributed by atoms with Crippen molar-refractivity contribution in [2.24, 2.45) is 11.8 Å². The van der Waals surface area contributed by atoms with Crippen LogP contribution < -0.4 is 14.2 Å². The van der Waals surface area contributed by atoms with Crippen LogP contribution in [-0.4, -0.2) is 91.6 Å². The van der Waals surface area contributed by atoms with Crippen molar-refractivity contribution in [1.29, 1.82) is 0 Å². The van der Waals surface area contributed by atoms with Crippen LogP contribution in [0.2, 0.25) is 18.1 Å². The molecule has 2 fully saturated rings. The minimum Gasteiger partial charge on any atom is -0.507 e. The van der Waals surface area contributed by atoms with Crippen molar-refractivity contribution in [3.05, 3.63) is 87.7 Å². The van der Waals surface area contributed by atoms with Crippen LogP contribution in [0.5, 0.6) is 17.4 Å². The Morgan fingerprint density at radius 3 is 2.29 bits per heavy atom. The zero-order valence-electron chi connectivity index (χ0n) is 37.8. The number of hydrogen-bond donors (Lipinski definition) is 1.